The highest BCUT2D eigenvalue weighted by molar-refractivity contribution is 6.31. The van der Waals surface area contributed by atoms with Crippen molar-refractivity contribution in [1.29, 1.82) is 0 Å². The number of amides is 3. The van der Waals surface area contributed by atoms with Gasteiger partial charge in [0.15, 0.2) is 0 Å². The predicted octanol–water partition coefficient (Wildman–Crippen LogP) is 6.94. The van der Waals surface area contributed by atoms with Gasteiger partial charge in [-0.15, -0.1) is 0 Å². The van der Waals surface area contributed by atoms with Crippen LogP contribution in [0.3, 0.4) is 0 Å². The van der Waals surface area contributed by atoms with Gasteiger partial charge in [0, 0.05) is 33.6 Å². The highest BCUT2D eigenvalue weighted by Crippen LogP contribution is 2.43. The SMILES string of the molecule is CC(C)(C)OC(=O)N(C(=O)OC(C)(C)C)c1ccc(Cl)cc1-c1cnc2c(c1)C(O)CC2C(=O)Nc1ccc(C(=O)O)cc1. The molecular weight excluding hydrogens is 590 g/mol. The van der Waals surface area contributed by atoms with Crippen LogP contribution in [0.1, 0.15) is 81.6 Å². The van der Waals surface area contributed by atoms with Crippen molar-refractivity contribution in [2.75, 3.05) is 10.2 Å². The average Bonchev–Trinajstić information content (AvgIpc) is 3.23. The minimum atomic E-state index is -1.08. The fourth-order valence-electron chi connectivity index (χ4n) is 4.64. The van der Waals surface area contributed by atoms with Crippen LogP contribution < -0.4 is 10.2 Å². The maximum Gasteiger partial charge on any atom is 0.424 e. The Morgan fingerprint density at radius 2 is 1.52 bits per heavy atom. The van der Waals surface area contributed by atoms with Gasteiger partial charge in [-0.2, -0.15) is 4.90 Å². The van der Waals surface area contributed by atoms with E-state index in [1.807, 2.05) is 0 Å². The van der Waals surface area contributed by atoms with Crippen molar-refractivity contribution in [3.8, 4) is 11.1 Å². The lowest BCUT2D eigenvalue weighted by molar-refractivity contribution is -0.118. The standard InChI is InChI=1S/C32H34ClN3O8/c1-31(2,3)43-29(41)36(30(42)44-32(4,5)6)24-12-9-19(33)14-21(24)18-13-22-25(37)15-23(26(22)34-16-18)27(38)35-20-10-7-17(8-11-20)28(39)40/h7-14,16,23,25,37H,15H2,1-6H3,(H,35,38)(H,39,40). The van der Waals surface area contributed by atoms with Gasteiger partial charge in [-0.1, -0.05) is 11.6 Å². The zero-order chi connectivity index (χ0) is 32.6. The van der Waals surface area contributed by atoms with E-state index in [-0.39, 0.29) is 17.7 Å². The molecule has 12 heteroatoms. The predicted molar refractivity (Wildman–Crippen MR) is 164 cm³/mol. The second-order valence-electron chi connectivity index (χ2n) is 12.3. The molecule has 0 saturated heterocycles. The van der Waals surface area contributed by atoms with E-state index in [9.17, 15) is 24.3 Å². The molecule has 1 aliphatic rings. The topological polar surface area (TPSA) is 155 Å². The molecule has 232 valence electrons. The Morgan fingerprint density at radius 1 is 0.932 bits per heavy atom. The number of fused-ring (bicyclic) bond motifs is 1. The maximum atomic E-state index is 13.4. The van der Waals surface area contributed by atoms with Crippen LogP contribution in [0.25, 0.3) is 11.1 Å². The molecule has 1 aliphatic carbocycles. The summed E-state index contributed by atoms with van der Waals surface area (Å²) in [5.41, 5.74) is 0.269. The van der Waals surface area contributed by atoms with Crippen LogP contribution in [0.2, 0.25) is 5.02 Å². The Balaban J connectivity index is 1.71. The summed E-state index contributed by atoms with van der Waals surface area (Å²) in [6, 6.07) is 11.9. The zero-order valence-corrected chi connectivity index (χ0v) is 25.9. The number of halogens is 1. The van der Waals surface area contributed by atoms with E-state index in [0.29, 0.717) is 33.1 Å². The Morgan fingerprint density at radius 3 is 2.07 bits per heavy atom. The number of carboxylic acid groups (broad SMARTS) is 1. The molecule has 44 heavy (non-hydrogen) atoms. The van der Waals surface area contributed by atoms with Gasteiger partial charge < -0.3 is 25.0 Å². The molecule has 0 spiro atoms. The van der Waals surface area contributed by atoms with Crippen LogP contribution in [0.5, 0.6) is 0 Å². The van der Waals surface area contributed by atoms with Crippen molar-refractivity contribution < 1.29 is 38.9 Å². The van der Waals surface area contributed by atoms with E-state index in [4.69, 9.17) is 26.2 Å². The first kappa shape index (κ1) is 32.4. The Hall–Kier alpha value is -4.48. The molecule has 1 aromatic heterocycles. The number of pyridine rings is 1. The number of hydrogen-bond acceptors (Lipinski definition) is 8. The largest absolute Gasteiger partial charge is 0.478 e. The van der Waals surface area contributed by atoms with E-state index < -0.39 is 47.3 Å². The second-order valence-corrected chi connectivity index (χ2v) is 12.8. The quantitative estimate of drug-likeness (QED) is 0.274. The van der Waals surface area contributed by atoms with Gasteiger partial charge in [-0.25, -0.2) is 14.4 Å². The van der Waals surface area contributed by atoms with Gasteiger partial charge in [-0.3, -0.25) is 9.78 Å². The van der Waals surface area contributed by atoms with Crippen molar-refractivity contribution in [3.63, 3.8) is 0 Å². The van der Waals surface area contributed by atoms with Crippen LogP contribution >= 0.6 is 11.6 Å². The van der Waals surface area contributed by atoms with Crippen LogP contribution in [0, 0.1) is 0 Å². The summed E-state index contributed by atoms with van der Waals surface area (Å²) in [5, 5.41) is 23.1. The molecule has 2 atom stereocenters. The summed E-state index contributed by atoms with van der Waals surface area (Å²) in [7, 11) is 0. The van der Waals surface area contributed by atoms with Gasteiger partial charge in [0.05, 0.1) is 29.0 Å². The molecule has 0 saturated carbocycles. The molecular formula is C32H34ClN3O8. The first-order valence-corrected chi connectivity index (χ1v) is 14.2. The fraction of sp³-hybridized carbons (Fsp3) is 0.344. The third kappa shape index (κ3) is 7.53. The maximum absolute atomic E-state index is 13.4. The fourth-order valence-corrected chi connectivity index (χ4v) is 4.81. The van der Waals surface area contributed by atoms with Crippen molar-refractivity contribution in [1.82, 2.24) is 4.98 Å². The lowest BCUT2D eigenvalue weighted by atomic mass is 10.0. The van der Waals surface area contributed by atoms with E-state index >= 15 is 0 Å². The van der Waals surface area contributed by atoms with Gasteiger partial charge in [0.2, 0.25) is 5.91 Å². The van der Waals surface area contributed by atoms with Crippen LogP contribution in [-0.2, 0) is 14.3 Å². The van der Waals surface area contributed by atoms with Crippen molar-refractivity contribution in [3.05, 3.63) is 76.6 Å². The molecule has 3 aromatic rings. The van der Waals surface area contributed by atoms with Gasteiger partial charge in [-0.05, 0) is 96.5 Å². The van der Waals surface area contributed by atoms with Gasteiger partial charge in [0.25, 0.3) is 0 Å². The number of nitrogens with zero attached hydrogens (tertiary/aromatic N) is 2. The molecule has 2 unspecified atom stereocenters. The van der Waals surface area contributed by atoms with Crippen LogP contribution in [0.15, 0.2) is 54.7 Å². The zero-order valence-electron chi connectivity index (χ0n) is 25.2. The summed E-state index contributed by atoms with van der Waals surface area (Å²) in [6.07, 6.45) is -1.42. The van der Waals surface area contributed by atoms with Crippen molar-refractivity contribution in [2.24, 2.45) is 0 Å². The molecule has 1 heterocycles. The average molecular weight is 624 g/mol. The lowest BCUT2D eigenvalue weighted by Gasteiger charge is -2.29. The molecule has 2 aromatic carbocycles. The van der Waals surface area contributed by atoms with Crippen molar-refractivity contribution in [2.45, 2.75) is 71.2 Å². The number of carbonyl (C=O) groups is 4. The molecule has 3 amide bonds. The summed E-state index contributed by atoms with van der Waals surface area (Å²) < 4.78 is 11.1. The number of aromatic nitrogens is 1. The lowest BCUT2D eigenvalue weighted by Crippen LogP contribution is -2.44. The Kier molecular flexibility index (Phi) is 9.03. The van der Waals surface area contributed by atoms with E-state index in [0.717, 1.165) is 4.90 Å². The summed E-state index contributed by atoms with van der Waals surface area (Å²) in [5.74, 6) is -2.29. The number of imide groups is 1. The first-order chi connectivity index (χ1) is 20.4. The van der Waals surface area contributed by atoms with Crippen molar-refractivity contribution >= 4 is 47.0 Å². The minimum absolute atomic E-state index is 0.0647. The Labute approximate surface area is 259 Å². The van der Waals surface area contributed by atoms with Crippen LogP contribution in [-0.4, -0.2) is 50.5 Å². The highest BCUT2D eigenvalue weighted by atomic mass is 35.5. The summed E-state index contributed by atoms with van der Waals surface area (Å²) in [6.45, 7) is 10.0. The molecule has 11 nitrogen and oxygen atoms in total. The first-order valence-electron chi connectivity index (χ1n) is 13.8. The number of rotatable bonds is 5. The number of aromatic carboxylic acids is 1. The molecule has 0 radical (unpaired) electrons. The number of benzene rings is 2. The normalized spacial score (nSPS) is 16.1. The summed E-state index contributed by atoms with van der Waals surface area (Å²) >= 11 is 6.35. The van der Waals surface area contributed by atoms with Crippen LogP contribution in [0.4, 0.5) is 21.0 Å². The smallest absolute Gasteiger partial charge is 0.424 e. The minimum Gasteiger partial charge on any atom is -0.478 e. The van der Waals surface area contributed by atoms with E-state index in [2.05, 4.69) is 10.3 Å². The molecule has 3 N–H and O–H groups in total. The van der Waals surface area contributed by atoms with Gasteiger partial charge >= 0.3 is 18.2 Å². The summed E-state index contributed by atoms with van der Waals surface area (Å²) in [4.78, 5) is 56.3. The van der Waals surface area contributed by atoms with Gasteiger partial charge in [0.1, 0.15) is 11.2 Å². The molecule has 4 rings (SSSR count). The molecule has 0 aliphatic heterocycles. The number of carbonyl (C=O) groups excluding carboxylic acids is 3. The third-order valence-corrected chi connectivity index (χ3v) is 6.71. The highest BCUT2D eigenvalue weighted by Gasteiger charge is 2.38. The number of anilines is 2. The number of ether oxygens (including phenoxy) is 2. The Bertz CT molecular complexity index is 1580. The monoisotopic (exact) mass is 623 g/mol. The molecule has 0 bridgehead atoms. The third-order valence-electron chi connectivity index (χ3n) is 6.48. The molecule has 0 fully saturated rings. The van der Waals surface area contributed by atoms with E-state index in [1.165, 1.54) is 42.6 Å². The van der Waals surface area contributed by atoms with E-state index in [1.54, 1.807) is 53.7 Å². The second kappa shape index (κ2) is 12.3. The number of aliphatic hydroxyl groups excluding tert-OH is 1. The number of nitrogens with one attached hydrogen (secondary N) is 1. The number of hydrogen-bond donors (Lipinski definition) is 3. The number of carboxylic acids is 1. The number of aliphatic hydroxyl groups is 1.